The van der Waals surface area contributed by atoms with Crippen LogP contribution in [-0.2, 0) is 6.42 Å². The second kappa shape index (κ2) is 6.04. The van der Waals surface area contributed by atoms with E-state index >= 15 is 0 Å². The Kier molecular flexibility index (Phi) is 4.10. The van der Waals surface area contributed by atoms with E-state index in [0.29, 0.717) is 23.8 Å². The Morgan fingerprint density at radius 1 is 1.09 bits per heavy atom. The Hall–Kier alpha value is -1.96. The lowest BCUT2D eigenvalue weighted by Crippen LogP contribution is -2.07. The minimum Gasteiger partial charge on any atom is -0.507 e. The lowest BCUT2D eigenvalue weighted by Gasteiger charge is -2.25. The zero-order valence-corrected chi connectivity index (χ0v) is 13.3. The number of hydrogen-bond donors (Lipinski definition) is 2. The van der Waals surface area contributed by atoms with Crippen molar-refractivity contribution in [3.63, 3.8) is 0 Å². The lowest BCUT2D eigenvalue weighted by atomic mass is 9.81. The van der Waals surface area contributed by atoms with Crippen molar-refractivity contribution in [2.45, 2.75) is 45.4 Å². The van der Waals surface area contributed by atoms with Crippen LogP contribution in [0.2, 0.25) is 0 Å². The van der Waals surface area contributed by atoms with Crippen molar-refractivity contribution < 1.29 is 10.2 Å². The molecule has 0 aliphatic heterocycles. The van der Waals surface area contributed by atoms with Gasteiger partial charge >= 0.3 is 0 Å². The summed E-state index contributed by atoms with van der Waals surface area (Å²) in [6.07, 6.45) is 8.36. The van der Waals surface area contributed by atoms with Crippen molar-refractivity contribution in [2.75, 3.05) is 0 Å². The van der Waals surface area contributed by atoms with Crippen molar-refractivity contribution in [1.29, 1.82) is 0 Å². The number of hydrogen-bond acceptors (Lipinski definition) is 2. The van der Waals surface area contributed by atoms with Crippen LogP contribution in [0.25, 0.3) is 10.8 Å². The second-order valence-electron chi connectivity index (χ2n) is 6.70. The summed E-state index contributed by atoms with van der Waals surface area (Å²) >= 11 is 0. The van der Waals surface area contributed by atoms with Gasteiger partial charge in [-0.05, 0) is 18.8 Å². The molecule has 2 aromatic rings. The minimum absolute atomic E-state index is 0.206. The first-order valence-electron chi connectivity index (χ1n) is 8.21. The van der Waals surface area contributed by atoms with Crippen LogP contribution in [0.3, 0.4) is 0 Å². The highest BCUT2D eigenvalue weighted by Crippen LogP contribution is 2.46. The van der Waals surface area contributed by atoms with Crippen LogP contribution in [0, 0.1) is 5.92 Å². The Bertz CT molecular complexity index is 713. The Labute approximate surface area is 132 Å². The van der Waals surface area contributed by atoms with E-state index in [1.165, 1.54) is 6.42 Å². The molecule has 0 bridgehead atoms. The van der Waals surface area contributed by atoms with Crippen LogP contribution < -0.4 is 0 Å². The predicted molar refractivity (Wildman–Crippen MR) is 91.6 cm³/mol. The van der Waals surface area contributed by atoms with Gasteiger partial charge in [-0.15, -0.1) is 0 Å². The molecular weight excluding hydrogens is 272 g/mol. The second-order valence-corrected chi connectivity index (χ2v) is 6.70. The first-order chi connectivity index (χ1) is 10.6. The van der Waals surface area contributed by atoms with Crippen LogP contribution in [0.15, 0.2) is 36.4 Å². The SMILES string of the molecule is CC(C)CCCC1C=CCc2c1c(O)c1ccccc1c2O. The molecular formula is C20H24O2. The molecule has 0 radical (unpaired) electrons. The van der Waals surface area contributed by atoms with Crippen molar-refractivity contribution in [3.8, 4) is 11.5 Å². The van der Waals surface area contributed by atoms with Crippen LogP contribution >= 0.6 is 0 Å². The van der Waals surface area contributed by atoms with Gasteiger partial charge in [-0.25, -0.2) is 0 Å². The molecule has 0 heterocycles. The summed E-state index contributed by atoms with van der Waals surface area (Å²) in [5, 5.41) is 22.9. The standard InChI is InChI=1S/C20H24O2/c1-13(2)7-5-8-14-9-6-12-17-18(14)20(22)16-11-4-3-10-15(16)19(17)21/h3-4,6,9-11,13-14,21-22H,5,7-8,12H2,1-2H3. The maximum absolute atomic E-state index is 10.8. The largest absolute Gasteiger partial charge is 0.507 e. The molecule has 0 spiro atoms. The summed E-state index contributed by atoms with van der Waals surface area (Å²) in [6.45, 7) is 4.48. The summed E-state index contributed by atoms with van der Waals surface area (Å²) in [6, 6.07) is 7.55. The predicted octanol–water partition coefficient (Wildman–Crippen LogP) is 5.27. The van der Waals surface area contributed by atoms with Gasteiger partial charge in [0, 0.05) is 27.8 Å². The zero-order chi connectivity index (χ0) is 15.7. The third kappa shape index (κ3) is 2.58. The average molecular weight is 296 g/mol. The summed E-state index contributed by atoms with van der Waals surface area (Å²) < 4.78 is 0. The highest BCUT2D eigenvalue weighted by atomic mass is 16.3. The topological polar surface area (TPSA) is 40.5 Å². The van der Waals surface area contributed by atoms with E-state index in [-0.39, 0.29) is 5.92 Å². The molecule has 0 fully saturated rings. The Balaban J connectivity index is 2.03. The van der Waals surface area contributed by atoms with E-state index in [2.05, 4.69) is 26.0 Å². The Morgan fingerprint density at radius 2 is 1.77 bits per heavy atom. The first-order valence-corrected chi connectivity index (χ1v) is 8.21. The van der Waals surface area contributed by atoms with Gasteiger partial charge in [0.25, 0.3) is 0 Å². The fourth-order valence-corrected chi connectivity index (χ4v) is 3.51. The van der Waals surface area contributed by atoms with E-state index in [1.54, 1.807) is 0 Å². The quantitative estimate of drug-likeness (QED) is 0.596. The molecule has 22 heavy (non-hydrogen) atoms. The van der Waals surface area contributed by atoms with Crippen molar-refractivity contribution in [1.82, 2.24) is 0 Å². The van der Waals surface area contributed by atoms with E-state index in [9.17, 15) is 10.2 Å². The van der Waals surface area contributed by atoms with Gasteiger partial charge in [0.05, 0.1) is 0 Å². The molecule has 3 rings (SSSR count). The average Bonchev–Trinajstić information content (AvgIpc) is 2.52. The molecule has 2 heteroatoms. The fourth-order valence-electron chi connectivity index (χ4n) is 3.51. The van der Waals surface area contributed by atoms with Crippen molar-refractivity contribution in [2.24, 2.45) is 5.92 Å². The molecule has 0 amide bonds. The summed E-state index contributed by atoms with van der Waals surface area (Å²) in [4.78, 5) is 0. The minimum atomic E-state index is 0.206. The van der Waals surface area contributed by atoms with Gasteiger partial charge in [0.1, 0.15) is 11.5 Å². The van der Waals surface area contributed by atoms with Crippen LogP contribution in [0.1, 0.15) is 50.2 Å². The zero-order valence-electron chi connectivity index (χ0n) is 13.3. The first kappa shape index (κ1) is 15.0. The number of benzene rings is 2. The number of fused-ring (bicyclic) bond motifs is 2. The lowest BCUT2D eigenvalue weighted by molar-refractivity contribution is 0.449. The molecule has 1 unspecified atom stereocenters. The number of phenols is 2. The number of rotatable bonds is 4. The summed E-state index contributed by atoms with van der Waals surface area (Å²) in [7, 11) is 0. The van der Waals surface area contributed by atoms with Crippen LogP contribution in [0.5, 0.6) is 11.5 Å². The maximum atomic E-state index is 10.8. The van der Waals surface area contributed by atoms with E-state index in [4.69, 9.17) is 0 Å². The number of aromatic hydroxyl groups is 2. The molecule has 0 saturated heterocycles. The van der Waals surface area contributed by atoms with Crippen molar-refractivity contribution in [3.05, 3.63) is 47.5 Å². The van der Waals surface area contributed by atoms with Gasteiger partial charge in [-0.2, -0.15) is 0 Å². The molecule has 2 aromatic carbocycles. The third-order valence-electron chi connectivity index (χ3n) is 4.66. The molecule has 1 aliphatic carbocycles. The summed E-state index contributed by atoms with van der Waals surface area (Å²) in [5.41, 5.74) is 1.83. The van der Waals surface area contributed by atoms with E-state index in [1.807, 2.05) is 24.3 Å². The molecule has 1 atom stereocenters. The molecule has 116 valence electrons. The molecule has 1 aliphatic rings. The molecule has 2 N–H and O–H groups in total. The van der Waals surface area contributed by atoms with Crippen LogP contribution in [-0.4, -0.2) is 10.2 Å². The molecule has 0 saturated carbocycles. The molecule has 2 nitrogen and oxygen atoms in total. The fraction of sp³-hybridized carbons (Fsp3) is 0.400. The number of allylic oxidation sites excluding steroid dienone is 2. The maximum Gasteiger partial charge on any atom is 0.127 e. The van der Waals surface area contributed by atoms with Crippen LogP contribution in [0.4, 0.5) is 0 Å². The summed E-state index contributed by atoms with van der Waals surface area (Å²) in [5.74, 6) is 1.59. The number of phenolic OH excluding ortho intramolecular Hbond substituents is 2. The normalized spacial score (nSPS) is 17.1. The monoisotopic (exact) mass is 296 g/mol. The van der Waals surface area contributed by atoms with E-state index < -0.39 is 0 Å². The highest BCUT2D eigenvalue weighted by Gasteiger charge is 2.25. The van der Waals surface area contributed by atoms with Gasteiger partial charge in [-0.3, -0.25) is 0 Å². The molecule has 0 aromatic heterocycles. The van der Waals surface area contributed by atoms with Gasteiger partial charge in [-0.1, -0.05) is 63.1 Å². The Morgan fingerprint density at radius 3 is 2.45 bits per heavy atom. The third-order valence-corrected chi connectivity index (χ3v) is 4.66. The van der Waals surface area contributed by atoms with Crippen molar-refractivity contribution >= 4 is 10.8 Å². The highest BCUT2D eigenvalue weighted by molar-refractivity contribution is 5.96. The van der Waals surface area contributed by atoms with Gasteiger partial charge in [0.2, 0.25) is 0 Å². The van der Waals surface area contributed by atoms with E-state index in [0.717, 1.165) is 34.7 Å². The van der Waals surface area contributed by atoms with Gasteiger partial charge in [0.15, 0.2) is 0 Å². The van der Waals surface area contributed by atoms with Gasteiger partial charge < -0.3 is 10.2 Å². The smallest absolute Gasteiger partial charge is 0.127 e.